The molecule has 2 N–H and O–H groups in total. The summed E-state index contributed by atoms with van der Waals surface area (Å²) in [6.45, 7) is 3.26. The van der Waals surface area contributed by atoms with Crippen molar-refractivity contribution in [3.8, 4) is 0 Å². The summed E-state index contributed by atoms with van der Waals surface area (Å²) >= 11 is 6.14. The van der Waals surface area contributed by atoms with Gasteiger partial charge in [0.1, 0.15) is 5.82 Å². The Morgan fingerprint density at radius 2 is 2.37 bits per heavy atom. The van der Waals surface area contributed by atoms with Crippen molar-refractivity contribution in [2.45, 2.75) is 12.5 Å². The first-order valence-electron chi connectivity index (χ1n) is 6.60. The molecule has 3 rings (SSSR count). The van der Waals surface area contributed by atoms with Gasteiger partial charge >= 0.3 is 0 Å². The maximum absolute atomic E-state index is 11.9. The molecule has 2 fully saturated rings. The van der Waals surface area contributed by atoms with Crippen LogP contribution in [-0.2, 0) is 4.79 Å². The molecule has 0 aromatic carbocycles. The van der Waals surface area contributed by atoms with Crippen molar-refractivity contribution in [2.24, 2.45) is 5.92 Å². The number of amides is 1. The number of halogens is 1. The van der Waals surface area contributed by atoms with Gasteiger partial charge in [0, 0.05) is 38.4 Å². The highest BCUT2D eigenvalue weighted by Gasteiger charge is 2.30. The number of nitrogens with one attached hydrogen (secondary N) is 2. The second-order valence-electron chi connectivity index (χ2n) is 5.10. The molecule has 102 valence electrons. The van der Waals surface area contributed by atoms with Gasteiger partial charge in [0.05, 0.1) is 10.9 Å². The lowest BCUT2D eigenvalue weighted by atomic mass is 10.0. The summed E-state index contributed by atoms with van der Waals surface area (Å²) in [5.41, 5.74) is 0. The zero-order chi connectivity index (χ0) is 13.2. The van der Waals surface area contributed by atoms with Crippen molar-refractivity contribution in [3.63, 3.8) is 0 Å². The molecule has 2 saturated heterocycles. The molecule has 1 atom stereocenters. The van der Waals surface area contributed by atoms with Crippen molar-refractivity contribution in [1.29, 1.82) is 0 Å². The summed E-state index contributed by atoms with van der Waals surface area (Å²) in [6, 6.07) is 3.87. The van der Waals surface area contributed by atoms with Crippen molar-refractivity contribution in [2.75, 3.05) is 31.1 Å². The van der Waals surface area contributed by atoms with E-state index in [2.05, 4.69) is 20.5 Å². The lowest BCUT2D eigenvalue weighted by Crippen LogP contribution is -2.53. The van der Waals surface area contributed by atoms with E-state index < -0.39 is 0 Å². The van der Waals surface area contributed by atoms with Gasteiger partial charge < -0.3 is 15.5 Å². The molecule has 6 heteroatoms. The molecular weight excluding hydrogens is 264 g/mol. The fourth-order valence-electron chi connectivity index (χ4n) is 2.47. The van der Waals surface area contributed by atoms with Crippen molar-refractivity contribution >= 4 is 23.3 Å². The minimum atomic E-state index is 0.146. The zero-order valence-corrected chi connectivity index (χ0v) is 11.4. The highest BCUT2D eigenvalue weighted by molar-refractivity contribution is 6.32. The fraction of sp³-hybridized carbons (Fsp3) is 0.538. The topological polar surface area (TPSA) is 57.3 Å². The molecule has 0 radical (unpaired) electrons. The lowest BCUT2D eigenvalue weighted by Gasteiger charge is -2.27. The molecule has 3 heterocycles. The number of aromatic nitrogens is 1. The number of hydrogen-bond donors (Lipinski definition) is 2. The van der Waals surface area contributed by atoms with E-state index in [1.165, 1.54) is 0 Å². The van der Waals surface area contributed by atoms with E-state index >= 15 is 0 Å². The number of nitrogens with zero attached hydrogens (tertiary/aromatic N) is 2. The number of carbonyl (C=O) groups excluding carboxylic acids is 1. The van der Waals surface area contributed by atoms with Gasteiger partial charge in [0.25, 0.3) is 0 Å². The second kappa shape index (κ2) is 5.35. The Morgan fingerprint density at radius 1 is 1.53 bits per heavy atom. The van der Waals surface area contributed by atoms with E-state index in [9.17, 15) is 4.79 Å². The van der Waals surface area contributed by atoms with Crippen LogP contribution in [0.4, 0.5) is 5.82 Å². The first kappa shape index (κ1) is 12.7. The molecule has 1 aromatic heterocycles. The van der Waals surface area contributed by atoms with Crippen LogP contribution in [-0.4, -0.2) is 43.1 Å². The molecule has 0 spiro atoms. The number of pyridine rings is 1. The van der Waals surface area contributed by atoms with Gasteiger partial charge in [0.15, 0.2) is 0 Å². The number of anilines is 1. The molecule has 1 amide bonds. The molecule has 1 unspecified atom stereocenters. The zero-order valence-electron chi connectivity index (χ0n) is 10.6. The third kappa shape index (κ3) is 2.67. The number of rotatable bonds is 3. The lowest BCUT2D eigenvalue weighted by molar-refractivity contribution is -0.127. The Morgan fingerprint density at radius 3 is 3.05 bits per heavy atom. The van der Waals surface area contributed by atoms with Crippen LogP contribution in [0, 0.1) is 5.92 Å². The van der Waals surface area contributed by atoms with Crippen molar-refractivity contribution < 1.29 is 4.79 Å². The Bertz CT molecular complexity index is 477. The molecule has 2 aliphatic heterocycles. The average molecular weight is 281 g/mol. The monoisotopic (exact) mass is 280 g/mol. The third-order valence-corrected chi connectivity index (χ3v) is 4.02. The number of hydrogen-bond acceptors (Lipinski definition) is 4. The molecule has 0 aliphatic carbocycles. The Labute approximate surface area is 117 Å². The average Bonchev–Trinajstić information content (AvgIpc) is 2.75. The van der Waals surface area contributed by atoms with Crippen LogP contribution in [0.5, 0.6) is 0 Å². The Balaban J connectivity index is 1.58. The van der Waals surface area contributed by atoms with Gasteiger partial charge in [-0.05, 0) is 18.6 Å². The van der Waals surface area contributed by atoms with E-state index in [-0.39, 0.29) is 17.9 Å². The molecule has 0 bridgehead atoms. The molecule has 19 heavy (non-hydrogen) atoms. The van der Waals surface area contributed by atoms with Crippen molar-refractivity contribution in [3.05, 3.63) is 23.4 Å². The Hall–Kier alpha value is -1.33. The standard InChI is InChI=1S/C13H17ClN4O/c14-11-2-1-4-16-12(11)18-5-3-10(8-18)17-13(19)9-6-15-7-9/h1-2,4,9-10,15H,3,5-8H2,(H,17,19). The van der Waals surface area contributed by atoms with Gasteiger partial charge in [-0.15, -0.1) is 0 Å². The van der Waals surface area contributed by atoms with Crippen LogP contribution in [0.2, 0.25) is 5.02 Å². The Kier molecular flexibility index (Phi) is 3.57. The van der Waals surface area contributed by atoms with Crippen LogP contribution in [0.3, 0.4) is 0 Å². The minimum absolute atomic E-state index is 0.146. The second-order valence-corrected chi connectivity index (χ2v) is 5.51. The predicted octanol–water partition coefficient (Wildman–Crippen LogP) is 0.649. The molecule has 2 aliphatic rings. The van der Waals surface area contributed by atoms with E-state index in [1.54, 1.807) is 6.20 Å². The summed E-state index contributed by atoms with van der Waals surface area (Å²) in [7, 11) is 0. The molecule has 5 nitrogen and oxygen atoms in total. The molecular formula is C13H17ClN4O. The smallest absolute Gasteiger partial charge is 0.225 e. The SMILES string of the molecule is O=C(NC1CCN(c2ncccc2Cl)C1)C1CNC1. The predicted molar refractivity (Wildman–Crippen MR) is 74.4 cm³/mol. The summed E-state index contributed by atoms with van der Waals surface area (Å²) in [6.07, 6.45) is 2.69. The quantitative estimate of drug-likeness (QED) is 0.854. The van der Waals surface area contributed by atoms with Crippen LogP contribution in [0.1, 0.15) is 6.42 Å². The van der Waals surface area contributed by atoms with Crippen LogP contribution < -0.4 is 15.5 Å². The van der Waals surface area contributed by atoms with Crippen LogP contribution in [0.25, 0.3) is 0 Å². The van der Waals surface area contributed by atoms with Crippen LogP contribution in [0.15, 0.2) is 18.3 Å². The maximum Gasteiger partial charge on any atom is 0.225 e. The summed E-state index contributed by atoms with van der Waals surface area (Å²) in [4.78, 5) is 18.3. The fourth-order valence-corrected chi connectivity index (χ4v) is 2.71. The first-order valence-corrected chi connectivity index (χ1v) is 6.98. The summed E-state index contributed by atoms with van der Waals surface area (Å²) in [5, 5.41) is 6.88. The third-order valence-electron chi connectivity index (χ3n) is 3.73. The molecule has 1 aromatic rings. The largest absolute Gasteiger partial charge is 0.353 e. The van der Waals surface area contributed by atoms with E-state index in [4.69, 9.17) is 11.6 Å². The van der Waals surface area contributed by atoms with Gasteiger partial charge in [-0.2, -0.15) is 0 Å². The van der Waals surface area contributed by atoms with E-state index in [0.29, 0.717) is 5.02 Å². The van der Waals surface area contributed by atoms with Gasteiger partial charge in [-0.25, -0.2) is 4.98 Å². The maximum atomic E-state index is 11.9. The van der Waals surface area contributed by atoms with Gasteiger partial charge in [-0.1, -0.05) is 11.6 Å². The van der Waals surface area contributed by atoms with Crippen LogP contribution >= 0.6 is 11.6 Å². The van der Waals surface area contributed by atoms with Gasteiger partial charge in [0.2, 0.25) is 5.91 Å². The highest BCUT2D eigenvalue weighted by Crippen LogP contribution is 2.25. The summed E-state index contributed by atoms with van der Waals surface area (Å²) in [5.74, 6) is 1.12. The highest BCUT2D eigenvalue weighted by atomic mass is 35.5. The van der Waals surface area contributed by atoms with E-state index in [0.717, 1.165) is 38.4 Å². The normalized spacial score (nSPS) is 23.2. The molecule has 0 saturated carbocycles. The van der Waals surface area contributed by atoms with E-state index in [1.807, 2.05) is 12.1 Å². The van der Waals surface area contributed by atoms with Gasteiger partial charge in [-0.3, -0.25) is 4.79 Å². The summed E-state index contributed by atoms with van der Waals surface area (Å²) < 4.78 is 0. The first-order chi connectivity index (χ1) is 9.24. The minimum Gasteiger partial charge on any atom is -0.353 e. The van der Waals surface area contributed by atoms with Crippen molar-refractivity contribution in [1.82, 2.24) is 15.6 Å². The number of carbonyl (C=O) groups is 1.